The van der Waals surface area contributed by atoms with Gasteiger partial charge in [0.05, 0.1) is 0 Å². The molecule has 0 aromatic rings. The number of rotatable bonds is 12. The Kier molecular flexibility index (Phi) is 12.5. The summed E-state index contributed by atoms with van der Waals surface area (Å²) in [4.78, 5) is 11.3. The van der Waals surface area contributed by atoms with Crippen LogP contribution in [0.1, 0.15) is 84.5 Å². The van der Waals surface area contributed by atoms with E-state index in [2.05, 4.69) is 6.92 Å². The van der Waals surface area contributed by atoms with Crippen LogP contribution in [0, 0.1) is 0 Å². The van der Waals surface area contributed by atoms with Crippen molar-refractivity contribution in [3.8, 4) is 0 Å². The lowest BCUT2D eigenvalue weighted by molar-refractivity contribution is -0.149. The molecule has 0 bridgehead atoms. The predicted molar refractivity (Wildman–Crippen MR) is 76.2 cm³/mol. The topological polar surface area (TPSA) is 52.3 Å². The molecule has 0 aliphatic carbocycles. The zero-order valence-corrected chi connectivity index (χ0v) is 12.2. The van der Waals surface area contributed by atoms with E-state index in [1.807, 2.05) is 6.92 Å². The first-order valence-corrected chi connectivity index (χ1v) is 7.65. The van der Waals surface area contributed by atoms with Crippen LogP contribution in [-0.4, -0.2) is 12.2 Å². The van der Waals surface area contributed by atoms with Gasteiger partial charge >= 0.3 is 5.97 Å². The standard InChI is InChI=1S/C15H31NO2/c1-3-5-6-7-8-9-10-11-12-13-15(17)18-14(16)4-2/h14H,3-13,16H2,1-2H3. The molecule has 0 rings (SSSR count). The molecule has 0 aromatic carbocycles. The Morgan fingerprint density at radius 3 is 1.94 bits per heavy atom. The third-order valence-corrected chi connectivity index (χ3v) is 3.17. The van der Waals surface area contributed by atoms with Crippen LogP contribution in [0.15, 0.2) is 0 Å². The zero-order chi connectivity index (χ0) is 13.6. The lowest BCUT2D eigenvalue weighted by Crippen LogP contribution is -2.25. The third-order valence-electron chi connectivity index (χ3n) is 3.17. The van der Waals surface area contributed by atoms with Crippen molar-refractivity contribution in [2.24, 2.45) is 5.73 Å². The van der Waals surface area contributed by atoms with Gasteiger partial charge in [0, 0.05) is 6.42 Å². The number of carbonyl (C=O) groups is 1. The minimum absolute atomic E-state index is 0.146. The van der Waals surface area contributed by atoms with Crippen molar-refractivity contribution in [1.82, 2.24) is 0 Å². The van der Waals surface area contributed by atoms with Gasteiger partial charge in [-0.25, -0.2) is 0 Å². The molecule has 0 aliphatic rings. The van der Waals surface area contributed by atoms with E-state index in [0.717, 1.165) is 12.8 Å². The summed E-state index contributed by atoms with van der Waals surface area (Å²) in [6.07, 6.45) is 12.1. The fraction of sp³-hybridized carbons (Fsp3) is 0.933. The van der Waals surface area contributed by atoms with Gasteiger partial charge in [-0.2, -0.15) is 0 Å². The highest BCUT2D eigenvalue weighted by Gasteiger charge is 2.06. The maximum atomic E-state index is 11.3. The first-order chi connectivity index (χ1) is 8.70. The molecule has 1 unspecified atom stereocenters. The van der Waals surface area contributed by atoms with Crippen LogP contribution in [-0.2, 0) is 9.53 Å². The largest absolute Gasteiger partial charge is 0.447 e. The van der Waals surface area contributed by atoms with E-state index in [0.29, 0.717) is 12.8 Å². The van der Waals surface area contributed by atoms with Crippen molar-refractivity contribution < 1.29 is 9.53 Å². The first-order valence-electron chi connectivity index (χ1n) is 7.65. The Labute approximate surface area is 112 Å². The van der Waals surface area contributed by atoms with Crippen LogP contribution in [0.3, 0.4) is 0 Å². The van der Waals surface area contributed by atoms with E-state index in [1.165, 1.54) is 44.9 Å². The Hall–Kier alpha value is -0.570. The van der Waals surface area contributed by atoms with Gasteiger partial charge in [-0.1, -0.05) is 65.2 Å². The molecule has 2 N–H and O–H groups in total. The van der Waals surface area contributed by atoms with E-state index in [1.54, 1.807) is 0 Å². The minimum Gasteiger partial charge on any atom is -0.447 e. The maximum Gasteiger partial charge on any atom is 0.307 e. The van der Waals surface area contributed by atoms with Gasteiger partial charge in [-0.05, 0) is 12.8 Å². The summed E-state index contributed by atoms with van der Waals surface area (Å²) in [7, 11) is 0. The summed E-state index contributed by atoms with van der Waals surface area (Å²) >= 11 is 0. The SMILES string of the molecule is CCCCCCCCCCCC(=O)OC(N)CC. The number of hydrogen-bond donors (Lipinski definition) is 1. The van der Waals surface area contributed by atoms with Crippen molar-refractivity contribution in [2.75, 3.05) is 0 Å². The summed E-state index contributed by atoms with van der Waals surface area (Å²) in [5.41, 5.74) is 5.54. The van der Waals surface area contributed by atoms with Gasteiger partial charge in [0.25, 0.3) is 0 Å². The van der Waals surface area contributed by atoms with Gasteiger partial charge in [0.2, 0.25) is 0 Å². The summed E-state index contributed by atoms with van der Waals surface area (Å²) < 4.78 is 5.01. The fourth-order valence-electron chi connectivity index (χ4n) is 1.89. The summed E-state index contributed by atoms with van der Waals surface area (Å²) in [6, 6.07) is 0. The lowest BCUT2D eigenvalue weighted by Gasteiger charge is -2.10. The molecule has 0 saturated heterocycles. The fourth-order valence-corrected chi connectivity index (χ4v) is 1.89. The highest BCUT2D eigenvalue weighted by molar-refractivity contribution is 5.69. The van der Waals surface area contributed by atoms with E-state index in [9.17, 15) is 4.79 Å². The minimum atomic E-state index is -0.420. The third kappa shape index (κ3) is 11.9. The van der Waals surface area contributed by atoms with E-state index < -0.39 is 6.23 Å². The Morgan fingerprint density at radius 2 is 1.44 bits per heavy atom. The van der Waals surface area contributed by atoms with Gasteiger partial charge in [-0.3, -0.25) is 10.5 Å². The molecule has 0 aliphatic heterocycles. The quantitative estimate of drug-likeness (QED) is 0.325. The summed E-state index contributed by atoms with van der Waals surface area (Å²) in [6.45, 7) is 4.15. The Balaban J connectivity index is 3.17. The van der Waals surface area contributed by atoms with Crippen LogP contribution >= 0.6 is 0 Å². The van der Waals surface area contributed by atoms with Crippen molar-refractivity contribution in [1.29, 1.82) is 0 Å². The second-order valence-corrected chi connectivity index (χ2v) is 5.01. The Bertz CT molecular complexity index is 195. The van der Waals surface area contributed by atoms with E-state index >= 15 is 0 Å². The van der Waals surface area contributed by atoms with Crippen molar-refractivity contribution in [3.05, 3.63) is 0 Å². The molecule has 0 saturated carbocycles. The predicted octanol–water partition coefficient (Wildman–Crippen LogP) is 4.15. The van der Waals surface area contributed by atoms with Crippen LogP contribution < -0.4 is 5.73 Å². The molecule has 3 nitrogen and oxygen atoms in total. The highest BCUT2D eigenvalue weighted by Crippen LogP contribution is 2.10. The number of ether oxygens (including phenoxy) is 1. The molecule has 0 spiro atoms. The number of esters is 1. The molecule has 0 amide bonds. The molecule has 3 heteroatoms. The highest BCUT2D eigenvalue weighted by atomic mass is 16.6. The summed E-state index contributed by atoms with van der Waals surface area (Å²) in [5, 5.41) is 0. The van der Waals surface area contributed by atoms with Crippen LogP contribution in [0.4, 0.5) is 0 Å². The van der Waals surface area contributed by atoms with Crippen molar-refractivity contribution in [3.63, 3.8) is 0 Å². The molecule has 0 aromatic heterocycles. The zero-order valence-electron chi connectivity index (χ0n) is 12.2. The monoisotopic (exact) mass is 257 g/mol. The normalized spacial score (nSPS) is 12.4. The van der Waals surface area contributed by atoms with Gasteiger partial charge in [0.15, 0.2) is 6.23 Å². The van der Waals surface area contributed by atoms with Crippen LogP contribution in [0.25, 0.3) is 0 Å². The molecular formula is C15H31NO2. The molecular weight excluding hydrogens is 226 g/mol. The number of carbonyl (C=O) groups excluding carboxylic acids is 1. The van der Waals surface area contributed by atoms with Gasteiger partial charge < -0.3 is 4.74 Å². The van der Waals surface area contributed by atoms with Crippen molar-refractivity contribution in [2.45, 2.75) is 90.7 Å². The van der Waals surface area contributed by atoms with Crippen molar-refractivity contribution >= 4 is 5.97 Å². The van der Waals surface area contributed by atoms with Gasteiger partial charge in [0.1, 0.15) is 0 Å². The number of unbranched alkanes of at least 4 members (excludes halogenated alkanes) is 8. The molecule has 1 atom stereocenters. The smallest absolute Gasteiger partial charge is 0.307 e. The number of hydrogen-bond acceptors (Lipinski definition) is 3. The molecule has 108 valence electrons. The second-order valence-electron chi connectivity index (χ2n) is 5.01. The lowest BCUT2D eigenvalue weighted by atomic mass is 10.1. The average Bonchev–Trinajstić information content (AvgIpc) is 2.36. The average molecular weight is 257 g/mol. The molecule has 18 heavy (non-hydrogen) atoms. The molecule has 0 heterocycles. The molecule has 0 fully saturated rings. The van der Waals surface area contributed by atoms with Crippen LogP contribution in [0.2, 0.25) is 0 Å². The second kappa shape index (κ2) is 12.9. The van der Waals surface area contributed by atoms with E-state index in [-0.39, 0.29) is 5.97 Å². The Morgan fingerprint density at radius 1 is 0.944 bits per heavy atom. The van der Waals surface area contributed by atoms with Crippen LogP contribution in [0.5, 0.6) is 0 Å². The van der Waals surface area contributed by atoms with E-state index in [4.69, 9.17) is 10.5 Å². The number of nitrogens with two attached hydrogens (primary N) is 1. The first kappa shape index (κ1) is 17.4. The molecule has 0 radical (unpaired) electrons. The van der Waals surface area contributed by atoms with Gasteiger partial charge in [-0.15, -0.1) is 0 Å². The summed E-state index contributed by atoms with van der Waals surface area (Å²) in [5.74, 6) is -0.146. The maximum absolute atomic E-state index is 11.3.